The molecule has 0 unspecified atom stereocenters. The minimum Gasteiger partial charge on any atom is -0.460 e. The zero-order chi connectivity index (χ0) is 54.2. The van der Waals surface area contributed by atoms with Crippen molar-refractivity contribution in [2.24, 2.45) is 0 Å². The highest BCUT2D eigenvalue weighted by atomic mass is 16.6. The highest BCUT2D eigenvalue weighted by molar-refractivity contribution is 6.05. The summed E-state index contributed by atoms with van der Waals surface area (Å²) < 4.78 is 42.0. The molecule has 74 heavy (non-hydrogen) atoms. The molecule has 4 aromatic carbocycles. The molecular formula is C54H56N4O16. The van der Waals surface area contributed by atoms with Crippen molar-refractivity contribution in [3.8, 4) is 23.0 Å². The van der Waals surface area contributed by atoms with Gasteiger partial charge in [0.05, 0.1) is 26.2 Å². The van der Waals surface area contributed by atoms with E-state index < -0.39 is 48.3 Å². The molecule has 0 spiro atoms. The summed E-state index contributed by atoms with van der Waals surface area (Å²) >= 11 is 0. The van der Waals surface area contributed by atoms with E-state index in [0.717, 1.165) is 0 Å². The molecule has 388 valence electrons. The summed E-state index contributed by atoms with van der Waals surface area (Å²) in [5.74, 6) is -1.75. The van der Waals surface area contributed by atoms with Crippen molar-refractivity contribution in [3.63, 3.8) is 0 Å². The smallest absolute Gasteiger partial charge is 0.412 e. The number of nitrogens with one attached hydrogen (secondary N) is 4. The van der Waals surface area contributed by atoms with Gasteiger partial charge in [-0.05, 0) is 110 Å². The Bertz CT molecular complexity index is 2390. The van der Waals surface area contributed by atoms with E-state index in [-0.39, 0.29) is 97.9 Å². The maximum Gasteiger partial charge on any atom is 0.412 e. The molecule has 0 radical (unpaired) electrons. The SMILES string of the molecule is C=C(C)C(=O)OCCNC(=O)Oc1ccc(C(=C(c2ccc(OC(=O)NCCOC(=O)C(=C)C)cc2)c2ccc(OC(=O)NCCOC(=O)C(=C)C)cc2)c2ccc(OC(=O)NCCOC(=O)C(=C)C)cc2)cc1. The Kier molecular flexibility index (Phi) is 22.4. The van der Waals surface area contributed by atoms with Crippen molar-refractivity contribution < 1.29 is 76.3 Å². The first-order valence-electron chi connectivity index (χ1n) is 22.6. The Morgan fingerprint density at radius 1 is 0.324 bits per heavy atom. The minimum atomic E-state index is -0.808. The summed E-state index contributed by atoms with van der Waals surface area (Å²) in [5, 5.41) is 10.0. The third kappa shape index (κ3) is 19.4. The first-order valence-corrected chi connectivity index (χ1v) is 22.6. The van der Waals surface area contributed by atoms with Gasteiger partial charge in [-0.25, -0.2) is 38.4 Å². The number of amides is 4. The van der Waals surface area contributed by atoms with E-state index in [1.807, 2.05) is 0 Å². The first kappa shape index (κ1) is 57.1. The number of esters is 4. The number of carbonyl (C=O) groups excluding carboxylic acids is 8. The van der Waals surface area contributed by atoms with Gasteiger partial charge in [0.15, 0.2) is 0 Å². The maximum absolute atomic E-state index is 12.7. The summed E-state index contributed by atoms with van der Waals surface area (Å²) in [5.41, 5.74) is 4.38. The fourth-order valence-electron chi connectivity index (χ4n) is 5.92. The van der Waals surface area contributed by atoms with E-state index in [1.165, 1.54) is 27.7 Å². The van der Waals surface area contributed by atoms with Crippen LogP contribution in [0.1, 0.15) is 49.9 Å². The number of rotatable bonds is 24. The molecule has 0 heterocycles. The van der Waals surface area contributed by atoms with Crippen molar-refractivity contribution >= 4 is 59.4 Å². The molecule has 0 fully saturated rings. The van der Waals surface area contributed by atoms with Gasteiger partial charge in [0.25, 0.3) is 0 Å². The van der Waals surface area contributed by atoms with Crippen molar-refractivity contribution in [2.45, 2.75) is 27.7 Å². The highest BCUT2D eigenvalue weighted by Gasteiger charge is 2.20. The molecular weight excluding hydrogens is 961 g/mol. The van der Waals surface area contributed by atoms with Gasteiger partial charge in [-0.3, -0.25) is 0 Å². The van der Waals surface area contributed by atoms with E-state index in [1.54, 1.807) is 97.1 Å². The van der Waals surface area contributed by atoms with Crippen molar-refractivity contribution in [1.82, 2.24) is 21.3 Å². The lowest BCUT2D eigenvalue weighted by Crippen LogP contribution is -2.30. The molecule has 0 aliphatic rings. The fourth-order valence-corrected chi connectivity index (χ4v) is 5.92. The zero-order valence-corrected chi connectivity index (χ0v) is 41.3. The van der Waals surface area contributed by atoms with E-state index in [4.69, 9.17) is 37.9 Å². The van der Waals surface area contributed by atoms with Gasteiger partial charge in [0, 0.05) is 22.3 Å². The number of hydrogen-bond acceptors (Lipinski definition) is 16. The number of benzene rings is 4. The monoisotopic (exact) mass is 1020 g/mol. The van der Waals surface area contributed by atoms with Gasteiger partial charge in [-0.15, -0.1) is 0 Å². The van der Waals surface area contributed by atoms with Crippen LogP contribution in [0.2, 0.25) is 0 Å². The lowest BCUT2D eigenvalue weighted by atomic mass is 9.85. The quantitative estimate of drug-likeness (QED) is 0.0174. The fraction of sp³-hybridized carbons (Fsp3) is 0.222. The Labute approximate surface area is 427 Å². The van der Waals surface area contributed by atoms with Crippen LogP contribution in [0, 0.1) is 0 Å². The first-order chi connectivity index (χ1) is 35.3. The normalized spacial score (nSPS) is 10.2. The molecule has 4 rings (SSSR count). The average Bonchev–Trinajstić information content (AvgIpc) is 3.37. The molecule has 4 aromatic rings. The van der Waals surface area contributed by atoms with Crippen molar-refractivity contribution in [1.29, 1.82) is 0 Å². The van der Waals surface area contributed by atoms with Crippen LogP contribution in [0.5, 0.6) is 23.0 Å². The van der Waals surface area contributed by atoms with Crippen molar-refractivity contribution in [3.05, 3.63) is 168 Å². The van der Waals surface area contributed by atoms with Gasteiger partial charge >= 0.3 is 48.3 Å². The van der Waals surface area contributed by atoms with Crippen LogP contribution >= 0.6 is 0 Å². The van der Waals surface area contributed by atoms with Gasteiger partial charge in [0.1, 0.15) is 49.4 Å². The van der Waals surface area contributed by atoms with Gasteiger partial charge in [-0.1, -0.05) is 74.8 Å². The molecule has 0 atom stereocenters. The Balaban J connectivity index is 1.72. The summed E-state index contributed by atoms with van der Waals surface area (Å²) in [6.45, 7) is 19.5. The number of ether oxygens (including phenoxy) is 8. The lowest BCUT2D eigenvalue weighted by Gasteiger charge is -2.19. The average molecular weight is 1020 g/mol. The second kappa shape index (κ2) is 29.0. The van der Waals surface area contributed by atoms with Crippen LogP contribution in [0.4, 0.5) is 19.2 Å². The van der Waals surface area contributed by atoms with Crippen LogP contribution in [-0.2, 0) is 38.1 Å². The van der Waals surface area contributed by atoms with Crippen LogP contribution < -0.4 is 40.2 Å². The standard InChI is InChI=1S/C54H56N4O16/c1-33(2)47(59)67-29-25-55-51(63)71-41-17-9-37(10-18-41)45(38-11-19-42(20-12-38)72-52(64)56-26-30-68-48(60)34(3)4)46(39-13-21-43(22-14-39)73-53(65)57-27-31-69-49(61)35(5)6)40-15-23-44(24-16-40)74-54(66)58-28-32-70-50(62)36(7)8/h9-24H,1,3,5,7,25-32H2,2,4,6,8H3,(H,55,63)(H,56,64)(H,57,65)(H,58,66). The summed E-state index contributed by atoms with van der Waals surface area (Å²) in [6.07, 6.45) is -3.23. The molecule has 4 amide bonds. The van der Waals surface area contributed by atoms with Gasteiger partial charge in [0.2, 0.25) is 0 Å². The third-order valence-corrected chi connectivity index (χ3v) is 9.48. The van der Waals surface area contributed by atoms with E-state index in [9.17, 15) is 38.4 Å². The molecule has 0 saturated carbocycles. The van der Waals surface area contributed by atoms with Crippen LogP contribution in [0.15, 0.2) is 146 Å². The Hall–Kier alpha value is -9.46. The molecule has 0 aliphatic heterocycles. The van der Waals surface area contributed by atoms with E-state index in [2.05, 4.69) is 47.6 Å². The summed E-state index contributed by atoms with van der Waals surface area (Å²) in [7, 11) is 0. The molecule has 0 saturated heterocycles. The van der Waals surface area contributed by atoms with E-state index in [0.29, 0.717) is 33.4 Å². The molecule has 0 bridgehead atoms. The zero-order valence-electron chi connectivity index (χ0n) is 41.3. The molecule has 0 aliphatic carbocycles. The molecule has 0 aromatic heterocycles. The highest BCUT2D eigenvalue weighted by Crippen LogP contribution is 2.39. The van der Waals surface area contributed by atoms with Gasteiger partial charge < -0.3 is 59.2 Å². The number of carbonyl (C=O) groups is 8. The van der Waals surface area contributed by atoms with E-state index >= 15 is 0 Å². The second-order valence-electron chi connectivity index (χ2n) is 15.8. The summed E-state index contributed by atoms with van der Waals surface area (Å²) in [4.78, 5) is 97.6. The molecule has 20 heteroatoms. The predicted molar refractivity (Wildman–Crippen MR) is 270 cm³/mol. The molecule has 20 nitrogen and oxygen atoms in total. The van der Waals surface area contributed by atoms with Crippen LogP contribution in [0.25, 0.3) is 11.1 Å². The van der Waals surface area contributed by atoms with Crippen LogP contribution in [-0.4, -0.2) is 101 Å². The van der Waals surface area contributed by atoms with Crippen LogP contribution in [0.3, 0.4) is 0 Å². The topological polar surface area (TPSA) is 259 Å². The number of hydrogen-bond donors (Lipinski definition) is 4. The third-order valence-electron chi connectivity index (χ3n) is 9.48. The Morgan fingerprint density at radius 2 is 0.500 bits per heavy atom. The molecule has 4 N–H and O–H groups in total. The maximum atomic E-state index is 12.7. The van der Waals surface area contributed by atoms with Crippen molar-refractivity contribution in [2.75, 3.05) is 52.6 Å². The second-order valence-corrected chi connectivity index (χ2v) is 15.8. The predicted octanol–water partition coefficient (Wildman–Crippen LogP) is 7.52. The van der Waals surface area contributed by atoms with Gasteiger partial charge in [-0.2, -0.15) is 0 Å². The largest absolute Gasteiger partial charge is 0.460 e. The minimum absolute atomic E-state index is 0.0264. The summed E-state index contributed by atoms with van der Waals surface area (Å²) in [6, 6.07) is 26.1. The lowest BCUT2D eigenvalue weighted by molar-refractivity contribution is -0.139. The Morgan fingerprint density at radius 3 is 0.662 bits per heavy atom.